The summed E-state index contributed by atoms with van der Waals surface area (Å²) in [6.45, 7) is 1.50. The molecule has 1 aliphatic carbocycles. The average Bonchev–Trinajstić information content (AvgIpc) is 2.63. The Hall–Kier alpha value is -1.42. The van der Waals surface area contributed by atoms with Crippen LogP contribution >= 0.6 is 35.0 Å². The minimum absolute atomic E-state index is 0.00107. The largest absolute Gasteiger partial charge is 0.452 e. The van der Waals surface area contributed by atoms with E-state index in [1.807, 2.05) is 0 Å². The summed E-state index contributed by atoms with van der Waals surface area (Å²) in [7, 11) is 0. The third kappa shape index (κ3) is 5.80. The van der Waals surface area contributed by atoms with Crippen molar-refractivity contribution in [3.8, 4) is 6.07 Å². The first-order chi connectivity index (χ1) is 12.3. The van der Waals surface area contributed by atoms with Crippen LogP contribution in [0.2, 0.25) is 10.0 Å². The predicted molar refractivity (Wildman–Crippen MR) is 102 cm³/mol. The molecule has 1 aliphatic rings. The van der Waals surface area contributed by atoms with E-state index in [9.17, 15) is 14.9 Å². The van der Waals surface area contributed by atoms with E-state index in [2.05, 4.69) is 11.4 Å². The third-order valence-corrected chi connectivity index (χ3v) is 5.91. The maximum absolute atomic E-state index is 12.3. The van der Waals surface area contributed by atoms with Gasteiger partial charge in [0.1, 0.15) is 5.54 Å². The summed E-state index contributed by atoms with van der Waals surface area (Å²) >= 11 is 13.1. The van der Waals surface area contributed by atoms with Crippen molar-refractivity contribution in [3.63, 3.8) is 0 Å². The molecule has 1 fully saturated rings. The van der Waals surface area contributed by atoms with Crippen LogP contribution in [-0.4, -0.2) is 29.3 Å². The highest BCUT2D eigenvalue weighted by atomic mass is 35.5. The van der Waals surface area contributed by atoms with Gasteiger partial charge in [-0.05, 0) is 38.0 Å². The quantitative estimate of drug-likeness (QED) is 0.552. The molecule has 0 aromatic heterocycles. The predicted octanol–water partition coefficient (Wildman–Crippen LogP) is 4.36. The molecule has 0 bridgehead atoms. The van der Waals surface area contributed by atoms with Crippen LogP contribution in [0.5, 0.6) is 0 Å². The molecule has 1 aromatic carbocycles. The van der Waals surface area contributed by atoms with Gasteiger partial charge in [-0.2, -0.15) is 5.26 Å². The van der Waals surface area contributed by atoms with Crippen LogP contribution in [0.4, 0.5) is 0 Å². The monoisotopic (exact) mass is 414 g/mol. The highest BCUT2D eigenvalue weighted by Gasteiger charge is 2.35. The maximum atomic E-state index is 12.3. The second-order valence-electron chi connectivity index (χ2n) is 6.24. The number of rotatable bonds is 6. The van der Waals surface area contributed by atoms with Gasteiger partial charge < -0.3 is 10.1 Å². The van der Waals surface area contributed by atoms with Crippen molar-refractivity contribution in [2.45, 2.75) is 55.6 Å². The van der Waals surface area contributed by atoms with Gasteiger partial charge in [-0.3, -0.25) is 9.59 Å². The number of amides is 1. The van der Waals surface area contributed by atoms with Crippen LogP contribution in [0.15, 0.2) is 23.1 Å². The van der Waals surface area contributed by atoms with Crippen molar-refractivity contribution in [1.29, 1.82) is 5.26 Å². The zero-order valence-electron chi connectivity index (χ0n) is 14.4. The summed E-state index contributed by atoms with van der Waals surface area (Å²) in [5, 5.41) is 13.2. The van der Waals surface area contributed by atoms with Gasteiger partial charge >= 0.3 is 5.97 Å². The number of benzene rings is 1. The lowest BCUT2D eigenvalue weighted by Gasteiger charge is -2.32. The molecule has 1 unspecified atom stereocenters. The lowest BCUT2D eigenvalue weighted by atomic mass is 9.83. The van der Waals surface area contributed by atoms with Crippen molar-refractivity contribution in [1.82, 2.24) is 5.32 Å². The number of hydrogen-bond acceptors (Lipinski definition) is 5. The molecule has 140 valence electrons. The summed E-state index contributed by atoms with van der Waals surface area (Å²) in [5.74, 6) is -0.989. The molecule has 1 atom stereocenters. The summed E-state index contributed by atoms with van der Waals surface area (Å²) < 4.78 is 5.18. The zero-order chi connectivity index (χ0) is 19.2. The number of hydrogen-bond donors (Lipinski definition) is 1. The second-order valence-corrected chi connectivity index (χ2v) is 8.10. The minimum Gasteiger partial charge on any atom is -0.452 e. The Kier molecular flexibility index (Phi) is 7.63. The number of halogens is 2. The molecular formula is C18H20Cl2N2O3S. The lowest BCUT2D eigenvalue weighted by Crippen LogP contribution is -2.52. The van der Waals surface area contributed by atoms with Crippen LogP contribution in [0, 0.1) is 11.3 Å². The number of nitriles is 1. The van der Waals surface area contributed by atoms with Crippen LogP contribution in [0.1, 0.15) is 39.0 Å². The van der Waals surface area contributed by atoms with Gasteiger partial charge in [-0.15, -0.1) is 11.8 Å². The number of carbonyl (C=O) groups is 2. The van der Waals surface area contributed by atoms with Gasteiger partial charge in [0.15, 0.2) is 6.10 Å². The van der Waals surface area contributed by atoms with E-state index in [-0.39, 0.29) is 5.75 Å². The molecule has 0 radical (unpaired) electrons. The standard InChI is InChI=1S/C18H20Cl2N2O3S/c1-12(17(24)22-18(11-21)7-3-2-4-8-18)25-16(23)10-26-15-9-13(19)5-6-14(15)20/h5-6,9,12H,2-4,7-8,10H2,1H3,(H,22,24). The molecule has 8 heteroatoms. The van der Waals surface area contributed by atoms with Gasteiger partial charge in [0, 0.05) is 9.92 Å². The van der Waals surface area contributed by atoms with Crippen molar-refractivity contribution in [2.24, 2.45) is 0 Å². The summed E-state index contributed by atoms with van der Waals surface area (Å²) in [4.78, 5) is 25.0. The fourth-order valence-corrected chi connectivity index (χ4v) is 4.04. The Morgan fingerprint density at radius 1 is 1.35 bits per heavy atom. The van der Waals surface area contributed by atoms with Gasteiger partial charge in [0.25, 0.3) is 5.91 Å². The van der Waals surface area contributed by atoms with E-state index in [0.717, 1.165) is 19.3 Å². The molecule has 1 saturated carbocycles. The van der Waals surface area contributed by atoms with Crippen molar-refractivity contribution in [2.75, 3.05) is 5.75 Å². The minimum atomic E-state index is -0.968. The van der Waals surface area contributed by atoms with Gasteiger partial charge in [-0.1, -0.05) is 42.5 Å². The molecule has 0 spiro atoms. The van der Waals surface area contributed by atoms with Crippen LogP contribution in [0.25, 0.3) is 0 Å². The smallest absolute Gasteiger partial charge is 0.317 e. The number of esters is 1. The molecule has 2 rings (SSSR count). The first-order valence-electron chi connectivity index (χ1n) is 8.36. The summed E-state index contributed by atoms with van der Waals surface area (Å²) in [6, 6.07) is 7.19. The molecule has 1 aromatic rings. The molecule has 1 N–H and O–H groups in total. The zero-order valence-corrected chi connectivity index (χ0v) is 16.7. The van der Waals surface area contributed by atoms with E-state index >= 15 is 0 Å². The Morgan fingerprint density at radius 2 is 2.04 bits per heavy atom. The van der Waals surface area contributed by atoms with E-state index < -0.39 is 23.5 Å². The Labute approximate surface area is 167 Å². The van der Waals surface area contributed by atoms with E-state index in [4.69, 9.17) is 27.9 Å². The molecule has 26 heavy (non-hydrogen) atoms. The fraction of sp³-hybridized carbons (Fsp3) is 0.500. The second kappa shape index (κ2) is 9.50. The molecule has 5 nitrogen and oxygen atoms in total. The molecular weight excluding hydrogens is 395 g/mol. The first kappa shape index (κ1) is 20.9. The third-order valence-electron chi connectivity index (χ3n) is 4.20. The van der Waals surface area contributed by atoms with Crippen molar-refractivity contribution in [3.05, 3.63) is 28.2 Å². The van der Waals surface area contributed by atoms with Crippen LogP contribution < -0.4 is 5.32 Å². The lowest BCUT2D eigenvalue weighted by molar-refractivity contribution is -0.152. The van der Waals surface area contributed by atoms with Gasteiger partial charge in [-0.25, -0.2) is 0 Å². The fourth-order valence-electron chi connectivity index (χ4n) is 2.77. The summed E-state index contributed by atoms with van der Waals surface area (Å²) in [5.41, 5.74) is -0.848. The summed E-state index contributed by atoms with van der Waals surface area (Å²) in [6.07, 6.45) is 3.15. The van der Waals surface area contributed by atoms with E-state index in [1.54, 1.807) is 18.2 Å². The van der Waals surface area contributed by atoms with Crippen LogP contribution in [-0.2, 0) is 14.3 Å². The first-order valence-corrected chi connectivity index (χ1v) is 10.1. The normalized spacial score (nSPS) is 17.0. The topological polar surface area (TPSA) is 79.2 Å². The van der Waals surface area contributed by atoms with Crippen molar-refractivity contribution >= 4 is 46.8 Å². The van der Waals surface area contributed by atoms with Crippen molar-refractivity contribution < 1.29 is 14.3 Å². The SMILES string of the molecule is CC(OC(=O)CSc1cc(Cl)ccc1Cl)C(=O)NC1(C#N)CCCCC1. The van der Waals surface area contributed by atoms with Gasteiger partial charge in [0.05, 0.1) is 16.8 Å². The highest BCUT2D eigenvalue weighted by Crippen LogP contribution is 2.30. The van der Waals surface area contributed by atoms with E-state index in [0.29, 0.717) is 27.8 Å². The van der Waals surface area contributed by atoms with Gasteiger partial charge in [0.2, 0.25) is 0 Å². The highest BCUT2D eigenvalue weighted by molar-refractivity contribution is 8.00. The Morgan fingerprint density at radius 3 is 2.69 bits per heavy atom. The maximum Gasteiger partial charge on any atom is 0.317 e. The average molecular weight is 415 g/mol. The molecule has 0 saturated heterocycles. The van der Waals surface area contributed by atoms with E-state index in [1.165, 1.54) is 18.7 Å². The molecule has 1 amide bonds. The molecule has 0 aliphatic heterocycles. The van der Waals surface area contributed by atoms with Crippen LogP contribution in [0.3, 0.4) is 0 Å². The Balaban J connectivity index is 1.85. The molecule has 0 heterocycles. The number of nitrogens with zero attached hydrogens (tertiary/aromatic N) is 1. The number of thioether (sulfide) groups is 1. The number of ether oxygens (including phenoxy) is 1. The number of nitrogens with one attached hydrogen (secondary N) is 1. The Bertz CT molecular complexity index is 715. The number of carbonyl (C=O) groups excluding carboxylic acids is 2.